The van der Waals surface area contributed by atoms with Gasteiger partial charge in [-0.2, -0.15) is 0 Å². The first-order chi connectivity index (χ1) is 27.3. The lowest BCUT2D eigenvalue weighted by atomic mass is 10.1. The summed E-state index contributed by atoms with van der Waals surface area (Å²) in [6.45, 7) is 8.35. The minimum Gasteiger partial charge on any atom is -0.459 e. The number of sulfonamides is 1. The summed E-state index contributed by atoms with van der Waals surface area (Å²) in [5.74, 6) is -4.79. The second kappa shape index (κ2) is 15.2. The van der Waals surface area contributed by atoms with E-state index in [4.69, 9.17) is 14.2 Å². The summed E-state index contributed by atoms with van der Waals surface area (Å²) in [6.07, 6.45) is -1.65. The number of nitrogens with one attached hydrogen (secondary N) is 3. The quantitative estimate of drug-likeness (QED) is 0.153. The zero-order valence-electron chi connectivity index (χ0n) is 32.4. The molecule has 1 aromatic rings. The molecular formula is C38H47FN6O12S. The molecule has 1 aromatic carbocycles. The van der Waals surface area contributed by atoms with Crippen LogP contribution in [0.5, 0.6) is 0 Å². The minimum absolute atomic E-state index is 0.0241. The Labute approximate surface area is 334 Å². The largest absolute Gasteiger partial charge is 0.459 e. The maximum absolute atomic E-state index is 14.6. The highest BCUT2D eigenvalue weighted by molar-refractivity contribution is 7.91. The maximum Gasteiger partial charge on any atom is 0.410 e. The summed E-state index contributed by atoms with van der Waals surface area (Å²) in [4.78, 5) is 98.1. The zero-order valence-corrected chi connectivity index (χ0v) is 33.2. The first-order valence-corrected chi connectivity index (χ1v) is 20.9. The number of carbonyl (C=O) groups is 7. The number of ether oxygens (including phenoxy) is 3. The van der Waals surface area contributed by atoms with Gasteiger partial charge in [0.2, 0.25) is 27.7 Å². The molecule has 0 radical (unpaired) electrons. The molecule has 2 saturated carbocycles. The van der Waals surface area contributed by atoms with Crippen molar-refractivity contribution < 1.29 is 60.6 Å². The number of carbonyl (C=O) groups excluding carboxylic acids is 7. The van der Waals surface area contributed by atoms with Crippen molar-refractivity contribution in [2.45, 2.75) is 126 Å². The molecule has 18 nitrogen and oxygen atoms in total. The average molecular weight is 831 g/mol. The van der Waals surface area contributed by atoms with E-state index in [9.17, 15) is 46.4 Å². The van der Waals surface area contributed by atoms with E-state index in [2.05, 4.69) is 21.9 Å². The van der Waals surface area contributed by atoms with Crippen LogP contribution in [0, 0.1) is 11.7 Å². The first kappa shape index (κ1) is 40.9. The molecule has 5 fully saturated rings. The highest BCUT2D eigenvalue weighted by atomic mass is 32.2. The topological polar surface area (TPSA) is 227 Å². The highest BCUT2D eigenvalue weighted by Crippen LogP contribution is 2.45. The third-order valence-corrected chi connectivity index (χ3v) is 13.1. The number of hydrogen-bond donors (Lipinski definition) is 3. The van der Waals surface area contributed by atoms with Gasteiger partial charge in [-0.1, -0.05) is 18.2 Å². The Morgan fingerprint density at radius 1 is 1.09 bits per heavy atom. The van der Waals surface area contributed by atoms with Gasteiger partial charge in [-0.15, -0.1) is 6.58 Å². The molecule has 6 aliphatic rings. The van der Waals surface area contributed by atoms with E-state index in [0.717, 1.165) is 4.90 Å². The highest BCUT2D eigenvalue weighted by Gasteiger charge is 2.62. The summed E-state index contributed by atoms with van der Waals surface area (Å²) in [5, 5.41) is 4.44. The van der Waals surface area contributed by atoms with Crippen molar-refractivity contribution in [2.75, 3.05) is 13.1 Å². The number of morpholine rings is 1. The van der Waals surface area contributed by atoms with Crippen LogP contribution in [0.1, 0.15) is 76.8 Å². The lowest BCUT2D eigenvalue weighted by molar-refractivity contribution is -0.157. The first-order valence-electron chi connectivity index (χ1n) is 19.3. The van der Waals surface area contributed by atoms with Gasteiger partial charge in [0.05, 0.1) is 24.9 Å². The molecule has 20 heteroatoms. The SMILES string of the molecule is C=CC1C[C@]1(NC(=O)[C@@H]1CC(OC(=O)N2Cc3cccc(F)c3C2)CN1C(=O)[C@H](CCC(=O)N1C[C@H]2C[C@@H]1C(=O)O2)NC(=O)OC(C)(C)C)C(=O)NS(=O)(=O)C1CC1. The third-order valence-electron chi connectivity index (χ3n) is 11.3. The second-order valence-corrected chi connectivity index (χ2v) is 18.7. The predicted molar refractivity (Wildman–Crippen MR) is 198 cm³/mol. The summed E-state index contributed by atoms with van der Waals surface area (Å²) >= 11 is 0. The Morgan fingerprint density at radius 3 is 2.45 bits per heavy atom. The molecule has 3 N–H and O–H groups in total. The van der Waals surface area contributed by atoms with Crippen LogP contribution in [0.3, 0.4) is 0 Å². The number of hydrogen-bond acceptors (Lipinski definition) is 12. The van der Waals surface area contributed by atoms with E-state index in [-0.39, 0.29) is 51.9 Å². The van der Waals surface area contributed by atoms with Gasteiger partial charge in [-0.3, -0.25) is 28.8 Å². The smallest absolute Gasteiger partial charge is 0.410 e. The van der Waals surface area contributed by atoms with Gasteiger partial charge in [0.1, 0.15) is 47.3 Å². The molecule has 58 heavy (non-hydrogen) atoms. The molecule has 6 amide bonds. The lowest BCUT2D eigenvalue weighted by Crippen LogP contribution is -2.58. The molecule has 2 unspecified atom stereocenters. The fourth-order valence-corrected chi connectivity index (χ4v) is 9.43. The molecule has 3 saturated heterocycles. The van der Waals surface area contributed by atoms with Gasteiger partial charge < -0.3 is 34.6 Å². The minimum atomic E-state index is -4.00. The number of rotatable bonds is 12. The Kier molecular flexibility index (Phi) is 10.7. The Bertz CT molecular complexity index is 2060. The van der Waals surface area contributed by atoms with Crippen LogP contribution in [-0.2, 0) is 61.3 Å². The van der Waals surface area contributed by atoms with Crippen LogP contribution in [-0.4, -0.2) is 125 Å². The molecule has 4 aliphatic heterocycles. The van der Waals surface area contributed by atoms with Gasteiger partial charge in [0, 0.05) is 37.3 Å². The molecule has 0 spiro atoms. The Morgan fingerprint density at radius 2 is 1.83 bits per heavy atom. The predicted octanol–water partition coefficient (Wildman–Crippen LogP) is 1.12. The van der Waals surface area contributed by atoms with Gasteiger partial charge in [-0.05, 0) is 58.1 Å². The normalized spacial score (nSPS) is 27.6. The van der Waals surface area contributed by atoms with Gasteiger partial charge >= 0.3 is 18.2 Å². The van der Waals surface area contributed by atoms with Crippen molar-refractivity contribution in [1.29, 1.82) is 0 Å². The lowest BCUT2D eigenvalue weighted by Gasteiger charge is -2.31. The number of amides is 6. The average Bonchev–Trinajstić information content (AvgIpc) is 3.90. The van der Waals surface area contributed by atoms with Crippen molar-refractivity contribution in [1.82, 2.24) is 30.1 Å². The molecule has 0 aromatic heterocycles. The fourth-order valence-electron chi connectivity index (χ4n) is 8.06. The van der Waals surface area contributed by atoms with Crippen LogP contribution in [0.15, 0.2) is 30.9 Å². The summed E-state index contributed by atoms with van der Waals surface area (Å²) in [5.41, 5.74) is -1.76. The maximum atomic E-state index is 14.6. The number of nitrogens with zero attached hydrogens (tertiary/aromatic N) is 3. The third kappa shape index (κ3) is 8.33. The summed E-state index contributed by atoms with van der Waals surface area (Å²) in [6, 6.07) is 0.849. The van der Waals surface area contributed by atoms with Gasteiger partial charge in [0.15, 0.2) is 0 Å². The van der Waals surface area contributed by atoms with Crippen molar-refractivity contribution in [3.05, 3.63) is 47.8 Å². The van der Waals surface area contributed by atoms with E-state index in [0.29, 0.717) is 30.4 Å². The number of benzene rings is 1. The van der Waals surface area contributed by atoms with Gasteiger partial charge in [-0.25, -0.2) is 27.2 Å². The van der Waals surface area contributed by atoms with E-state index < -0.39 is 110 Å². The Balaban J connectivity index is 1.12. The van der Waals surface area contributed by atoms with E-state index in [1.807, 2.05) is 0 Å². The number of likely N-dealkylation sites (tertiary alicyclic amines) is 2. The summed E-state index contributed by atoms with van der Waals surface area (Å²) < 4.78 is 58.4. The molecule has 2 aliphatic carbocycles. The number of fused-ring (bicyclic) bond motifs is 3. The molecule has 4 heterocycles. The molecular weight excluding hydrogens is 784 g/mol. The van der Waals surface area contributed by atoms with E-state index in [1.165, 1.54) is 28.0 Å². The Hall–Kier alpha value is -5.27. The van der Waals surface area contributed by atoms with Crippen LogP contribution in [0.25, 0.3) is 0 Å². The number of halogens is 1. The standard InChI is InChI=1S/C38H47FN6O12S/c1-5-21-15-38(21,34(50)42-58(53,54)24-9-10-24)41-31(47)28-13-23(56-36(52)43-16-20-7-6-8-26(39)25(20)19-43)18-45(28)32(48)27(40-35(51)57-37(2,3)4)11-12-30(46)44-17-22-14-29(44)33(49)55-22/h5-8,21-24,27-29H,1,9-19H2,2-4H3,(H,40,51)(H,41,47)(H,42,50)/t21?,22-,23?,27+,28+,29-,38-/m1/s1. The number of esters is 1. The van der Waals surface area contributed by atoms with Crippen LogP contribution in [0.2, 0.25) is 0 Å². The summed E-state index contributed by atoms with van der Waals surface area (Å²) in [7, 11) is -4.00. The zero-order chi connectivity index (χ0) is 41.9. The number of alkyl carbamates (subject to hydrolysis) is 1. The van der Waals surface area contributed by atoms with Gasteiger partial charge in [0.25, 0.3) is 5.91 Å². The van der Waals surface area contributed by atoms with E-state index >= 15 is 0 Å². The molecule has 314 valence electrons. The van der Waals surface area contributed by atoms with Crippen molar-refractivity contribution in [3.63, 3.8) is 0 Å². The van der Waals surface area contributed by atoms with Crippen LogP contribution in [0.4, 0.5) is 14.0 Å². The van der Waals surface area contributed by atoms with Crippen molar-refractivity contribution in [2.24, 2.45) is 5.92 Å². The second-order valence-electron chi connectivity index (χ2n) is 16.8. The molecule has 7 rings (SSSR count). The van der Waals surface area contributed by atoms with Crippen molar-refractivity contribution >= 4 is 51.8 Å². The monoisotopic (exact) mass is 830 g/mol. The van der Waals surface area contributed by atoms with Crippen LogP contribution >= 0.6 is 0 Å². The van der Waals surface area contributed by atoms with Crippen LogP contribution < -0.4 is 15.4 Å². The van der Waals surface area contributed by atoms with Crippen molar-refractivity contribution in [3.8, 4) is 0 Å². The fraction of sp³-hybridized carbons (Fsp3) is 0.605. The molecule has 2 bridgehead atoms. The molecule has 7 atom stereocenters. The van der Waals surface area contributed by atoms with E-state index in [1.54, 1.807) is 26.8 Å².